The Kier molecular flexibility index (Phi) is 6.20. The van der Waals surface area contributed by atoms with Gasteiger partial charge in [-0.15, -0.1) is 0 Å². The number of piperidine rings is 1. The Morgan fingerprint density at radius 2 is 2.04 bits per heavy atom. The van der Waals surface area contributed by atoms with Crippen LogP contribution in [0.1, 0.15) is 52.5 Å². The Morgan fingerprint density at radius 1 is 1.36 bits per heavy atom. The highest BCUT2D eigenvalue weighted by molar-refractivity contribution is 9.10. The molecular weight excluding hydrogens is 444 g/mol. The standard InChI is InChI=1S/C20H27BrN2O4S/c1-5-26-18(24)23-10-8-20(9-11-23)13-16(22-28(25)19(2,3)4)15-12-14(21)6-7-17(15)27-20/h6-7,12H,5,8-11,13H2,1-4H3/b22-16+/t28-/m0/s1. The number of hydrogen-bond acceptors (Lipinski definition) is 4. The van der Waals surface area contributed by atoms with Crippen LogP contribution in [0.3, 0.4) is 0 Å². The smallest absolute Gasteiger partial charge is 0.409 e. The first kappa shape index (κ1) is 21.3. The van der Waals surface area contributed by atoms with Gasteiger partial charge in [-0.1, -0.05) is 15.9 Å². The number of ether oxygens (including phenoxy) is 2. The first-order valence-electron chi connectivity index (χ1n) is 9.54. The van der Waals surface area contributed by atoms with Crippen molar-refractivity contribution in [3.8, 4) is 5.75 Å². The molecule has 2 heterocycles. The topological polar surface area (TPSA) is 68.2 Å². The van der Waals surface area contributed by atoms with Gasteiger partial charge in [-0.25, -0.2) is 9.00 Å². The van der Waals surface area contributed by atoms with Crippen molar-refractivity contribution >= 4 is 38.7 Å². The molecule has 1 spiro atoms. The van der Waals surface area contributed by atoms with Gasteiger partial charge in [0, 0.05) is 42.4 Å². The molecule has 1 amide bonds. The molecule has 0 saturated carbocycles. The van der Waals surface area contributed by atoms with Crippen molar-refractivity contribution in [2.75, 3.05) is 19.7 Å². The second-order valence-corrected chi connectivity index (χ2v) is 11.0. The minimum atomic E-state index is -1.35. The highest BCUT2D eigenvalue weighted by Gasteiger charge is 2.43. The zero-order valence-electron chi connectivity index (χ0n) is 16.8. The Morgan fingerprint density at radius 3 is 2.64 bits per heavy atom. The van der Waals surface area contributed by atoms with Crippen molar-refractivity contribution in [1.29, 1.82) is 0 Å². The maximum absolute atomic E-state index is 12.7. The third-order valence-corrected chi connectivity index (χ3v) is 6.91. The van der Waals surface area contributed by atoms with E-state index in [0.29, 0.717) is 39.0 Å². The van der Waals surface area contributed by atoms with Gasteiger partial charge in [0.25, 0.3) is 0 Å². The SMILES string of the molecule is CCOC(=O)N1CCC2(CC1)C/C(=N\[S@@](=O)C(C)(C)C)c1cc(Br)ccc1O2. The molecular formula is C20H27BrN2O4S. The number of likely N-dealkylation sites (tertiary alicyclic amines) is 1. The molecule has 1 fully saturated rings. The molecule has 6 nitrogen and oxygen atoms in total. The molecule has 1 saturated heterocycles. The van der Waals surface area contributed by atoms with Crippen LogP contribution in [0.2, 0.25) is 0 Å². The van der Waals surface area contributed by atoms with E-state index in [1.165, 1.54) is 0 Å². The van der Waals surface area contributed by atoms with Crippen LogP contribution < -0.4 is 4.74 Å². The van der Waals surface area contributed by atoms with E-state index in [1.54, 1.807) is 11.8 Å². The molecule has 154 valence electrons. The number of carbonyl (C=O) groups excluding carboxylic acids is 1. The van der Waals surface area contributed by atoms with Crippen LogP contribution in [0, 0.1) is 0 Å². The lowest BCUT2D eigenvalue weighted by Gasteiger charge is -2.44. The molecule has 1 aromatic carbocycles. The summed E-state index contributed by atoms with van der Waals surface area (Å²) in [5, 5.41) is 0. The van der Waals surface area contributed by atoms with Gasteiger partial charge < -0.3 is 14.4 Å². The number of hydrogen-bond donors (Lipinski definition) is 0. The summed E-state index contributed by atoms with van der Waals surface area (Å²) in [7, 11) is -1.35. The predicted octanol–water partition coefficient (Wildman–Crippen LogP) is 4.47. The molecule has 2 aliphatic rings. The number of amides is 1. The number of benzene rings is 1. The third-order valence-electron chi connectivity index (χ3n) is 4.99. The first-order chi connectivity index (χ1) is 13.1. The molecule has 8 heteroatoms. The summed E-state index contributed by atoms with van der Waals surface area (Å²) in [6.07, 6.45) is 1.67. The second-order valence-electron chi connectivity index (χ2n) is 8.19. The molecule has 0 aromatic heterocycles. The van der Waals surface area contributed by atoms with Crippen LogP contribution in [0.5, 0.6) is 5.75 Å². The average Bonchev–Trinajstić information content (AvgIpc) is 2.62. The van der Waals surface area contributed by atoms with Gasteiger partial charge in [0.2, 0.25) is 0 Å². The van der Waals surface area contributed by atoms with Crippen molar-refractivity contribution in [1.82, 2.24) is 4.90 Å². The van der Waals surface area contributed by atoms with E-state index in [4.69, 9.17) is 9.47 Å². The fourth-order valence-corrected chi connectivity index (χ4v) is 4.39. The fourth-order valence-electron chi connectivity index (χ4n) is 3.40. The van der Waals surface area contributed by atoms with Crippen molar-refractivity contribution in [3.05, 3.63) is 28.2 Å². The minimum Gasteiger partial charge on any atom is -0.486 e. The molecule has 2 aliphatic heterocycles. The van der Waals surface area contributed by atoms with Gasteiger partial charge in [-0.05, 0) is 45.9 Å². The molecule has 1 aromatic rings. The van der Waals surface area contributed by atoms with E-state index in [2.05, 4.69) is 20.3 Å². The molecule has 0 radical (unpaired) electrons. The molecule has 1 atom stereocenters. The highest BCUT2D eigenvalue weighted by Crippen LogP contribution is 2.41. The second kappa shape index (κ2) is 8.14. The van der Waals surface area contributed by atoms with Crippen LogP contribution >= 0.6 is 15.9 Å². The first-order valence-corrected chi connectivity index (χ1v) is 11.4. The predicted molar refractivity (Wildman–Crippen MR) is 114 cm³/mol. The molecule has 0 unspecified atom stereocenters. The largest absolute Gasteiger partial charge is 0.486 e. The normalized spacial score (nSPS) is 21.2. The molecule has 0 bridgehead atoms. The fraction of sp³-hybridized carbons (Fsp3) is 0.600. The summed E-state index contributed by atoms with van der Waals surface area (Å²) in [5.41, 5.74) is 1.25. The van der Waals surface area contributed by atoms with Gasteiger partial charge in [-0.3, -0.25) is 0 Å². The van der Waals surface area contributed by atoms with Gasteiger partial charge in [0.05, 0.1) is 17.1 Å². The summed E-state index contributed by atoms with van der Waals surface area (Å²) in [4.78, 5) is 13.7. The number of fused-ring (bicyclic) bond motifs is 1. The van der Waals surface area contributed by atoms with Gasteiger partial charge in [0.1, 0.15) is 22.3 Å². The lowest BCUT2D eigenvalue weighted by Crippen LogP contribution is -2.52. The van der Waals surface area contributed by atoms with Gasteiger partial charge in [-0.2, -0.15) is 4.40 Å². The van der Waals surface area contributed by atoms with Crippen LogP contribution in [0.25, 0.3) is 0 Å². The summed E-state index contributed by atoms with van der Waals surface area (Å²) in [5.74, 6) is 0.753. The minimum absolute atomic E-state index is 0.278. The Hall–Kier alpha value is -1.41. The van der Waals surface area contributed by atoms with E-state index >= 15 is 0 Å². The van der Waals surface area contributed by atoms with Crippen molar-refractivity contribution in [3.63, 3.8) is 0 Å². The van der Waals surface area contributed by atoms with Gasteiger partial charge in [0.15, 0.2) is 0 Å². The van der Waals surface area contributed by atoms with Crippen molar-refractivity contribution in [2.24, 2.45) is 4.40 Å². The number of carbonyl (C=O) groups is 1. The lowest BCUT2D eigenvalue weighted by atomic mass is 9.82. The van der Waals surface area contributed by atoms with E-state index in [1.807, 2.05) is 39.0 Å². The summed E-state index contributed by atoms with van der Waals surface area (Å²) >= 11 is 3.51. The van der Waals surface area contributed by atoms with Crippen LogP contribution in [0.4, 0.5) is 4.79 Å². The van der Waals surface area contributed by atoms with E-state index in [-0.39, 0.29) is 6.09 Å². The average molecular weight is 471 g/mol. The third kappa shape index (κ3) is 4.59. The monoisotopic (exact) mass is 470 g/mol. The molecule has 0 N–H and O–H groups in total. The van der Waals surface area contributed by atoms with Crippen molar-refractivity contribution < 1.29 is 18.5 Å². The summed E-state index contributed by atoms with van der Waals surface area (Å²) in [6, 6.07) is 5.83. The van der Waals surface area contributed by atoms with Crippen LogP contribution in [-0.2, 0) is 15.7 Å². The quantitative estimate of drug-likeness (QED) is 0.638. The number of nitrogens with zero attached hydrogens (tertiary/aromatic N) is 2. The Bertz CT molecular complexity index is 811. The lowest BCUT2D eigenvalue weighted by molar-refractivity contribution is 0.00229. The number of rotatable bonds is 2. The van der Waals surface area contributed by atoms with E-state index in [0.717, 1.165) is 21.5 Å². The Balaban J connectivity index is 1.89. The van der Waals surface area contributed by atoms with E-state index in [9.17, 15) is 9.00 Å². The zero-order valence-corrected chi connectivity index (χ0v) is 19.2. The number of halogens is 1. The highest BCUT2D eigenvalue weighted by atomic mass is 79.9. The van der Waals surface area contributed by atoms with Crippen LogP contribution in [-0.4, -0.2) is 51.0 Å². The molecule has 3 rings (SSSR count). The molecule has 0 aliphatic carbocycles. The van der Waals surface area contributed by atoms with E-state index < -0.39 is 21.3 Å². The maximum atomic E-state index is 12.7. The maximum Gasteiger partial charge on any atom is 0.409 e. The summed E-state index contributed by atoms with van der Waals surface area (Å²) in [6.45, 7) is 9.07. The zero-order chi connectivity index (χ0) is 20.5. The van der Waals surface area contributed by atoms with Gasteiger partial charge >= 0.3 is 6.09 Å². The summed E-state index contributed by atoms with van der Waals surface area (Å²) < 4.78 is 29.4. The Labute approximate surface area is 177 Å². The van der Waals surface area contributed by atoms with Crippen LogP contribution in [0.15, 0.2) is 27.1 Å². The van der Waals surface area contributed by atoms with Crippen molar-refractivity contribution in [2.45, 2.75) is 57.3 Å². The molecule has 28 heavy (non-hydrogen) atoms.